The number of carbonyl (C=O) groups excluding carboxylic acids is 2. The topological polar surface area (TPSA) is 103 Å². The molecule has 0 aliphatic carbocycles. The van der Waals surface area contributed by atoms with Crippen molar-refractivity contribution in [2.24, 2.45) is 11.3 Å². The first-order chi connectivity index (χ1) is 19.7. The minimum absolute atomic E-state index is 0.185. The quantitative estimate of drug-likeness (QED) is 0.224. The van der Waals surface area contributed by atoms with Crippen LogP contribution in [-0.2, 0) is 26.8 Å². The van der Waals surface area contributed by atoms with Gasteiger partial charge in [-0.3, -0.25) is 4.79 Å². The van der Waals surface area contributed by atoms with Gasteiger partial charge in [-0.05, 0) is 69.2 Å². The van der Waals surface area contributed by atoms with E-state index < -0.39 is 26.3 Å². The standard InChI is InChI=1S/C33H47N3O5Si/c1-31(2,3)27(28(19-24-15-11-9-12-16-24)36-30(38)40-32(4,5)6)21-33(41-42(7)8,20-25-17-13-10-14-18-25)29(37)35-26-22-34-39-23-26/h9-18,22-23,27-28,42H,19-21H2,1-8H3,(H,35,37)(H,36,38)/t27-,28+,33+/m1/s1. The number of anilines is 1. The van der Waals surface area contributed by atoms with Crippen LogP contribution in [0.1, 0.15) is 59.1 Å². The molecule has 3 atom stereocenters. The molecule has 2 N–H and O–H groups in total. The number of carbonyl (C=O) groups is 2. The van der Waals surface area contributed by atoms with Crippen molar-refractivity contribution in [3.05, 3.63) is 84.3 Å². The molecule has 0 saturated carbocycles. The number of amides is 2. The molecule has 1 aromatic heterocycles. The van der Waals surface area contributed by atoms with Crippen molar-refractivity contribution in [1.82, 2.24) is 10.5 Å². The molecule has 0 fully saturated rings. The van der Waals surface area contributed by atoms with E-state index in [4.69, 9.17) is 13.7 Å². The molecule has 0 radical (unpaired) electrons. The van der Waals surface area contributed by atoms with Crippen LogP contribution in [0.5, 0.6) is 0 Å². The van der Waals surface area contributed by atoms with E-state index in [1.54, 1.807) is 0 Å². The lowest BCUT2D eigenvalue weighted by Gasteiger charge is -2.44. The lowest BCUT2D eigenvalue weighted by molar-refractivity contribution is -0.134. The molecule has 42 heavy (non-hydrogen) atoms. The van der Waals surface area contributed by atoms with Gasteiger partial charge in [0, 0.05) is 12.5 Å². The van der Waals surface area contributed by atoms with Crippen molar-refractivity contribution >= 4 is 26.7 Å². The summed E-state index contributed by atoms with van der Waals surface area (Å²) < 4.78 is 17.5. The largest absolute Gasteiger partial charge is 0.444 e. The molecule has 2 amide bonds. The Kier molecular flexibility index (Phi) is 11.1. The molecule has 0 saturated heterocycles. The minimum atomic E-state index is -1.77. The summed E-state index contributed by atoms with van der Waals surface area (Å²) in [6.07, 6.45) is 3.69. The predicted molar refractivity (Wildman–Crippen MR) is 169 cm³/mol. The second kappa shape index (κ2) is 14.2. The third kappa shape index (κ3) is 10.1. The average Bonchev–Trinajstić information content (AvgIpc) is 3.39. The van der Waals surface area contributed by atoms with Gasteiger partial charge in [0.15, 0.2) is 9.04 Å². The molecule has 8 nitrogen and oxygen atoms in total. The van der Waals surface area contributed by atoms with Crippen molar-refractivity contribution in [1.29, 1.82) is 0 Å². The third-order valence-corrected chi connectivity index (χ3v) is 7.97. The van der Waals surface area contributed by atoms with Crippen LogP contribution < -0.4 is 10.6 Å². The summed E-state index contributed by atoms with van der Waals surface area (Å²) in [6, 6.07) is 19.6. The Morgan fingerprint density at radius 2 is 1.52 bits per heavy atom. The summed E-state index contributed by atoms with van der Waals surface area (Å²) in [4.78, 5) is 27.5. The maximum absolute atomic E-state index is 14.3. The number of aromatic nitrogens is 1. The molecule has 0 aliphatic rings. The van der Waals surface area contributed by atoms with Gasteiger partial charge in [0.25, 0.3) is 5.91 Å². The predicted octanol–water partition coefficient (Wildman–Crippen LogP) is 6.78. The highest BCUT2D eigenvalue weighted by Gasteiger charge is 2.47. The minimum Gasteiger partial charge on any atom is -0.444 e. The molecule has 0 aliphatic heterocycles. The molecule has 0 unspecified atom stereocenters. The number of rotatable bonds is 12. The number of nitrogens with zero attached hydrogens (tertiary/aromatic N) is 1. The van der Waals surface area contributed by atoms with Crippen molar-refractivity contribution in [3.8, 4) is 0 Å². The summed E-state index contributed by atoms with van der Waals surface area (Å²) in [5, 5.41) is 9.94. The number of benzene rings is 2. The van der Waals surface area contributed by atoms with E-state index in [-0.39, 0.29) is 23.3 Å². The van der Waals surface area contributed by atoms with E-state index in [2.05, 4.69) is 61.8 Å². The number of hydrogen-bond donors (Lipinski definition) is 2. The fourth-order valence-corrected chi connectivity index (χ4v) is 6.49. The summed E-state index contributed by atoms with van der Waals surface area (Å²) in [6.45, 7) is 16.1. The highest BCUT2D eigenvalue weighted by molar-refractivity contribution is 6.48. The van der Waals surface area contributed by atoms with Gasteiger partial charge in [-0.1, -0.05) is 86.6 Å². The van der Waals surface area contributed by atoms with Gasteiger partial charge in [0.2, 0.25) is 0 Å². The molecule has 0 bridgehead atoms. The maximum atomic E-state index is 14.3. The van der Waals surface area contributed by atoms with Gasteiger partial charge >= 0.3 is 6.09 Å². The zero-order chi connectivity index (χ0) is 31.0. The highest BCUT2D eigenvalue weighted by Crippen LogP contribution is 2.40. The van der Waals surface area contributed by atoms with Crippen LogP contribution in [0.3, 0.4) is 0 Å². The summed E-state index contributed by atoms with van der Waals surface area (Å²) in [5.74, 6) is -0.448. The molecule has 228 valence electrons. The van der Waals surface area contributed by atoms with E-state index in [9.17, 15) is 9.59 Å². The molecule has 2 aromatic carbocycles. The zero-order valence-corrected chi connectivity index (χ0v) is 27.4. The zero-order valence-electron chi connectivity index (χ0n) is 26.3. The van der Waals surface area contributed by atoms with Gasteiger partial charge in [-0.2, -0.15) is 0 Å². The molecular weight excluding hydrogens is 546 g/mol. The fourth-order valence-electron chi connectivity index (χ4n) is 5.30. The van der Waals surface area contributed by atoms with Gasteiger partial charge in [0.05, 0.1) is 6.20 Å². The lowest BCUT2D eigenvalue weighted by Crippen LogP contribution is -2.56. The maximum Gasteiger partial charge on any atom is 0.407 e. The van der Waals surface area contributed by atoms with Crippen molar-refractivity contribution in [2.75, 3.05) is 5.32 Å². The van der Waals surface area contributed by atoms with E-state index in [0.29, 0.717) is 24.9 Å². The van der Waals surface area contributed by atoms with Crippen LogP contribution in [0.25, 0.3) is 0 Å². The Bertz CT molecular complexity index is 1250. The van der Waals surface area contributed by atoms with Crippen LogP contribution in [0.15, 0.2) is 77.6 Å². The Morgan fingerprint density at radius 3 is 2.02 bits per heavy atom. The number of hydrogen-bond acceptors (Lipinski definition) is 6. The van der Waals surface area contributed by atoms with Crippen LogP contribution in [0.2, 0.25) is 13.1 Å². The van der Waals surface area contributed by atoms with E-state index in [1.165, 1.54) is 12.5 Å². The van der Waals surface area contributed by atoms with E-state index in [0.717, 1.165) is 11.1 Å². The van der Waals surface area contributed by atoms with Crippen LogP contribution in [0, 0.1) is 11.3 Å². The van der Waals surface area contributed by atoms with Gasteiger partial charge in [0.1, 0.15) is 23.2 Å². The van der Waals surface area contributed by atoms with Crippen LogP contribution in [-0.4, -0.2) is 43.4 Å². The Labute approximate surface area is 252 Å². The normalized spacial score (nSPS) is 15.0. The number of alkyl carbamates (subject to hydrolysis) is 1. The molecular formula is C33H47N3O5Si. The van der Waals surface area contributed by atoms with E-state index >= 15 is 0 Å². The summed E-state index contributed by atoms with van der Waals surface area (Å²) in [7, 11) is -1.77. The molecule has 3 aromatic rings. The second-order valence-corrected chi connectivity index (χ2v) is 15.6. The fraction of sp³-hybridized carbons (Fsp3) is 0.485. The van der Waals surface area contributed by atoms with Gasteiger partial charge in [-0.25, -0.2) is 4.79 Å². The first kappa shape index (κ1) is 33.1. The Hall–Kier alpha value is -3.43. The SMILES string of the molecule is C[SiH](C)O[C@@](Cc1ccccc1)(C[C@H]([C@H](Cc1ccccc1)NC(=O)OC(C)(C)C)C(C)(C)C)C(=O)Nc1cnoc1. The number of ether oxygens (including phenoxy) is 1. The first-order valence-corrected chi connectivity index (χ1v) is 17.4. The van der Waals surface area contributed by atoms with Gasteiger partial charge in [-0.15, -0.1) is 0 Å². The van der Waals surface area contributed by atoms with E-state index in [1.807, 2.05) is 69.3 Å². The van der Waals surface area contributed by atoms with Crippen molar-refractivity contribution in [2.45, 2.75) is 91.1 Å². The van der Waals surface area contributed by atoms with Crippen molar-refractivity contribution in [3.63, 3.8) is 0 Å². The van der Waals surface area contributed by atoms with Crippen molar-refractivity contribution < 1.29 is 23.3 Å². The van der Waals surface area contributed by atoms with Crippen LogP contribution >= 0.6 is 0 Å². The van der Waals surface area contributed by atoms with Gasteiger partial charge < -0.3 is 24.3 Å². The average molecular weight is 594 g/mol. The highest BCUT2D eigenvalue weighted by atomic mass is 28.3. The molecule has 9 heteroatoms. The smallest absolute Gasteiger partial charge is 0.407 e. The Morgan fingerprint density at radius 1 is 0.929 bits per heavy atom. The van der Waals surface area contributed by atoms with Crippen LogP contribution in [0.4, 0.5) is 10.5 Å². The molecule has 1 heterocycles. The Balaban J connectivity index is 2.11. The monoisotopic (exact) mass is 593 g/mol. The summed E-state index contributed by atoms with van der Waals surface area (Å²) >= 11 is 0. The second-order valence-electron chi connectivity index (χ2n) is 13.3. The molecule has 0 spiro atoms. The summed E-state index contributed by atoms with van der Waals surface area (Å²) in [5.41, 5.74) is 0.332. The first-order valence-electron chi connectivity index (χ1n) is 14.6. The third-order valence-electron chi connectivity index (χ3n) is 7.05. The number of nitrogens with one attached hydrogen (secondary N) is 2. The lowest BCUT2D eigenvalue weighted by atomic mass is 9.68. The molecule has 3 rings (SSSR count).